The van der Waals surface area contributed by atoms with Crippen molar-refractivity contribution in [1.29, 1.82) is 0 Å². The molecule has 0 amide bonds. The summed E-state index contributed by atoms with van der Waals surface area (Å²) in [5.74, 6) is 0. The Morgan fingerprint density at radius 1 is 0.952 bits per heavy atom. The molecule has 0 heterocycles. The average Bonchev–Trinajstić information content (AvgIpc) is 2.52. The normalized spacial score (nSPS) is 12.6. The Hall–Kier alpha value is -0.773. The van der Waals surface area contributed by atoms with Gasteiger partial charge in [0, 0.05) is 27.4 Å². The van der Waals surface area contributed by atoms with E-state index in [1.165, 1.54) is 0 Å². The molecular weight excluding hydrogens is 312 g/mol. The Morgan fingerprint density at radius 3 is 1.90 bits per heavy atom. The van der Waals surface area contributed by atoms with Gasteiger partial charge in [-0.2, -0.15) is 8.42 Å². The summed E-state index contributed by atoms with van der Waals surface area (Å²) in [6, 6.07) is 7.35. The summed E-state index contributed by atoms with van der Waals surface area (Å²) in [7, 11) is -0.250. The van der Waals surface area contributed by atoms with Crippen molar-refractivity contribution < 1.29 is 25.9 Å². The predicted octanol–water partition coefficient (Wildman–Crippen LogP) is 1.83. The Balaban J connectivity index is 2.62. The molecule has 0 aliphatic carbocycles. The van der Waals surface area contributed by atoms with Crippen LogP contribution in [0.1, 0.15) is 12.0 Å². The minimum Gasteiger partial charge on any atom is -0.377 e. The van der Waals surface area contributed by atoms with Crippen LogP contribution in [0, 0.1) is 0 Å². The van der Waals surface area contributed by atoms with Gasteiger partial charge in [0.2, 0.25) is 0 Å². The lowest BCUT2D eigenvalue weighted by Crippen LogP contribution is -2.42. The summed E-state index contributed by atoms with van der Waals surface area (Å²) in [6.07, 6.45) is 1.62. The summed E-state index contributed by atoms with van der Waals surface area (Å²) in [6.45, 7) is 0. The lowest BCUT2D eigenvalue weighted by molar-refractivity contribution is 0.123. The van der Waals surface area contributed by atoms with Gasteiger partial charge in [0.1, 0.15) is 0 Å². The second-order valence-electron chi connectivity index (χ2n) is 4.41. The number of hydrogen-bond acceptors (Lipinski definition) is 6. The third-order valence-electron chi connectivity index (χ3n) is 3.31. The first-order valence-electron chi connectivity index (χ1n) is 6.48. The summed E-state index contributed by atoms with van der Waals surface area (Å²) in [5, 5.41) is 0. The van der Waals surface area contributed by atoms with Gasteiger partial charge in [-0.25, -0.2) is 0 Å². The second kappa shape index (κ2) is 8.02. The minimum atomic E-state index is -3.62. The van der Waals surface area contributed by atoms with Gasteiger partial charge in [0.15, 0.2) is 0 Å². The zero-order valence-electron chi connectivity index (χ0n) is 12.8. The van der Waals surface area contributed by atoms with Crippen molar-refractivity contribution in [2.45, 2.75) is 23.8 Å². The number of aryl methyl sites for hydroxylation is 1. The van der Waals surface area contributed by atoms with Crippen LogP contribution >= 0.6 is 0 Å². The van der Waals surface area contributed by atoms with Crippen LogP contribution in [0.4, 0.5) is 0 Å². The molecule has 0 radical (unpaired) electrons. The van der Waals surface area contributed by atoms with Crippen LogP contribution in [0.25, 0.3) is 0 Å². The van der Waals surface area contributed by atoms with E-state index >= 15 is 0 Å². The molecule has 0 aromatic heterocycles. The average molecular weight is 334 g/mol. The summed E-state index contributed by atoms with van der Waals surface area (Å²) in [5.41, 5.74) is 1.04. The van der Waals surface area contributed by atoms with E-state index < -0.39 is 18.9 Å². The van der Waals surface area contributed by atoms with Crippen LogP contribution < -0.4 is 0 Å². The summed E-state index contributed by atoms with van der Waals surface area (Å²) >= 11 is 0. The van der Waals surface area contributed by atoms with E-state index in [9.17, 15) is 8.42 Å². The van der Waals surface area contributed by atoms with Crippen LogP contribution in [-0.2, 0) is 34.0 Å². The zero-order chi connectivity index (χ0) is 15.9. The van der Waals surface area contributed by atoms with Crippen LogP contribution in [0.2, 0.25) is 6.04 Å². The number of benzene rings is 1. The van der Waals surface area contributed by atoms with Gasteiger partial charge in [-0.3, -0.25) is 4.18 Å². The lowest BCUT2D eigenvalue weighted by Gasteiger charge is -2.24. The minimum absolute atomic E-state index is 0.156. The van der Waals surface area contributed by atoms with Gasteiger partial charge in [-0.1, -0.05) is 12.1 Å². The first-order chi connectivity index (χ1) is 9.93. The van der Waals surface area contributed by atoms with Crippen LogP contribution in [-0.4, -0.2) is 45.7 Å². The Labute approximate surface area is 127 Å². The molecule has 1 rings (SSSR count). The molecule has 0 fully saturated rings. The maximum absolute atomic E-state index is 11.5. The fourth-order valence-electron chi connectivity index (χ4n) is 1.98. The fourth-order valence-corrected chi connectivity index (χ4v) is 4.37. The second-order valence-corrected chi connectivity index (χ2v) is 9.22. The van der Waals surface area contributed by atoms with E-state index in [0.29, 0.717) is 6.04 Å². The molecule has 1 aromatic rings. The van der Waals surface area contributed by atoms with Gasteiger partial charge < -0.3 is 13.3 Å². The monoisotopic (exact) mass is 334 g/mol. The van der Waals surface area contributed by atoms with Gasteiger partial charge in [-0.05, 0) is 30.5 Å². The van der Waals surface area contributed by atoms with E-state index in [0.717, 1.165) is 25.5 Å². The molecule has 0 N–H and O–H groups in total. The number of hydrogen-bond donors (Lipinski definition) is 0. The van der Waals surface area contributed by atoms with Crippen LogP contribution in [0.15, 0.2) is 29.2 Å². The van der Waals surface area contributed by atoms with Crippen molar-refractivity contribution in [2.75, 3.05) is 28.4 Å². The maximum atomic E-state index is 11.5. The highest BCUT2D eigenvalue weighted by Crippen LogP contribution is 2.18. The maximum Gasteiger partial charge on any atom is 0.500 e. The third kappa shape index (κ3) is 4.87. The van der Waals surface area contributed by atoms with Crippen molar-refractivity contribution in [2.24, 2.45) is 0 Å². The van der Waals surface area contributed by atoms with E-state index in [1.807, 2.05) is 0 Å². The fraction of sp³-hybridized carbons (Fsp3) is 0.538. The molecule has 8 heteroatoms. The van der Waals surface area contributed by atoms with E-state index in [2.05, 4.69) is 4.18 Å². The van der Waals surface area contributed by atoms with Crippen molar-refractivity contribution in [3.05, 3.63) is 29.8 Å². The molecular formula is C13H22O6SSi. The van der Waals surface area contributed by atoms with Crippen molar-refractivity contribution in [3.63, 3.8) is 0 Å². The largest absolute Gasteiger partial charge is 0.500 e. The third-order valence-corrected chi connectivity index (χ3v) is 7.43. The van der Waals surface area contributed by atoms with Crippen molar-refractivity contribution in [1.82, 2.24) is 0 Å². The highest BCUT2D eigenvalue weighted by molar-refractivity contribution is 7.86. The van der Waals surface area contributed by atoms with Gasteiger partial charge in [0.25, 0.3) is 10.1 Å². The lowest BCUT2D eigenvalue weighted by atomic mass is 10.1. The molecule has 6 nitrogen and oxygen atoms in total. The molecule has 0 atom stereocenters. The van der Waals surface area contributed by atoms with Crippen molar-refractivity contribution in [3.8, 4) is 0 Å². The standard InChI is InChI=1S/C13H22O6SSi/c1-16-20(14,15)13-9-7-12(8-10-13)6-5-11-21(17-2,18-3)19-4/h7-10H,5-6,11H2,1-4H3. The molecule has 0 saturated carbocycles. The Morgan fingerprint density at radius 2 is 1.48 bits per heavy atom. The predicted molar refractivity (Wildman–Crippen MR) is 80.5 cm³/mol. The molecule has 1 aromatic carbocycles. The SMILES string of the molecule is CO[Si](CCCc1ccc(S(=O)(=O)OC)cc1)(OC)OC. The topological polar surface area (TPSA) is 71.1 Å². The summed E-state index contributed by atoms with van der Waals surface area (Å²) < 4.78 is 43.5. The Bertz CT molecular complexity index is 516. The van der Waals surface area contributed by atoms with Gasteiger partial charge >= 0.3 is 8.80 Å². The van der Waals surface area contributed by atoms with Gasteiger partial charge in [0.05, 0.1) is 12.0 Å². The van der Waals surface area contributed by atoms with E-state index in [-0.39, 0.29) is 4.90 Å². The molecule has 0 aliphatic rings. The molecule has 120 valence electrons. The quantitative estimate of drug-likeness (QED) is 0.507. The molecule has 0 saturated heterocycles. The first-order valence-corrected chi connectivity index (χ1v) is 9.82. The van der Waals surface area contributed by atoms with Crippen molar-refractivity contribution >= 4 is 18.9 Å². The highest BCUT2D eigenvalue weighted by atomic mass is 32.2. The van der Waals surface area contributed by atoms with Crippen LogP contribution in [0.5, 0.6) is 0 Å². The molecule has 0 spiro atoms. The molecule has 21 heavy (non-hydrogen) atoms. The molecule has 0 unspecified atom stereocenters. The molecule has 0 aliphatic heterocycles. The highest BCUT2D eigenvalue weighted by Gasteiger charge is 2.36. The van der Waals surface area contributed by atoms with Gasteiger partial charge in [-0.15, -0.1) is 0 Å². The Kier molecular flexibility index (Phi) is 6.98. The number of rotatable bonds is 9. The van der Waals surface area contributed by atoms with E-state index in [1.54, 1.807) is 45.6 Å². The zero-order valence-corrected chi connectivity index (χ0v) is 14.6. The summed E-state index contributed by atoms with van der Waals surface area (Å²) in [4.78, 5) is 0.156. The van der Waals surface area contributed by atoms with Crippen LogP contribution in [0.3, 0.4) is 0 Å². The smallest absolute Gasteiger partial charge is 0.377 e. The van der Waals surface area contributed by atoms with E-state index in [4.69, 9.17) is 13.3 Å². The molecule has 0 bridgehead atoms. The first kappa shape index (κ1) is 18.3.